The molecule has 0 saturated carbocycles. The molecule has 0 aliphatic rings. The van der Waals surface area contributed by atoms with Gasteiger partial charge in [-0.2, -0.15) is 0 Å². The summed E-state index contributed by atoms with van der Waals surface area (Å²) in [7, 11) is 0. The monoisotopic (exact) mass is 283 g/mol. The summed E-state index contributed by atoms with van der Waals surface area (Å²) in [6.07, 6.45) is 0. The Labute approximate surface area is 95.0 Å². The number of aliphatic hydroxyl groups excluding tert-OH is 1. The van der Waals surface area contributed by atoms with Crippen LogP contribution in [0.3, 0.4) is 0 Å². The fraction of sp³-hybridized carbons (Fsp3) is 0.250. The van der Waals surface area contributed by atoms with Crippen LogP contribution in [-0.4, -0.2) is 18.3 Å². The molecule has 0 amide bonds. The lowest BCUT2D eigenvalue weighted by Gasteiger charge is -2.08. The molecular formula is C8H8BrCl2NO. The van der Waals surface area contributed by atoms with Crippen molar-refractivity contribution in [1.82, 2.24) is 0 Å². The average Bonchev–Trinajstić information content (AvgIpc) is 2.13. The average molecular weight is 285 g/mol. The second kappa shape index (κ2) is 5.05. The summed E-state index contributed by atoms with van der Waals surface area (Å²) in [5.41, 5.74) is 0.726. The van der Waals surface area contributed by atoms with Gasteiger partial charge in [0.15, 0.2) is 0 Å². The number of aliphatic hydroxyl groups is 1. The van der Waals surface area contributed by atoms with Crippen LogP contribution in [0.25, 0.3) is 0 Å². The molecule has 0 saturated heterocycles. The molecule has 0 unspecified atom stereocenters. The topological polar surface area (TPSA) is 32.3 Å². The largest absolute Gasteiger partial charge is 0.395 e. The molecule has 0 aliphatic carbocycles. The van der Waals surface area contributed by atoms with Crippen molar-refractivity contribution in [3.63, 3.8) is 0 Å². The summed E-state index contributed by atoms with van der Waals surface area (Å²) in [4.78, 5) is 0. The van der Waals surface area contributed by atoms with E-state index in [9.17, 15) is 0 Å². The Kier molecular flexibility index (Phi) is 4.32. The van der Waals surface area contributed by atoms with E-state index in [-0.39, 0.29) is 6.61 Å². The number of rotatable bonds is 3. The SMILES string of the molecule is OCCNc1ccc(Br)c(Cl)c1Cl. The molecule has 0 atom stereocenters. The zero-order valence-electron chi connectivity index (χ0n) is 6.65. The highest BCUT2D eigenvalue weighted by Gasteiger charge is 2.07. The van der Waals surface area contributed by atoms with E-state index >= 15 is 0 Å². The Bertz CT molecular complexity index is 306. The number of benzene rings is 1. The number of halogens is 3. The molecule has 0 fully saturated rings. The van der Waals surface area contributed by atoms with E-state index in [2.05, 4.69) is 21.2 Å². The first-order valence-electron chi connectivity index (χ1n) is 3.65. The highest BCUT2D eigenvalue weighted by molar-refractivity contribution is 9.10. The molecule has 13 heavy (non-hydrogen) atoms. The summed E-state index contributed by atoms with van der Waals surface area (Å²) in [6, 6.07) is 3.60. The van der Waals surface area contributed by atoms with E-state index in [1.54, 1.807) is 12.1 Å². The maximum atomic E-state index is 8.59. The van der Waals surface area contributed by atoms with Gasteiger partial charge < -0.3 is 10.4 Å². The number of hydrogen-bond acceptors (Lipinski definition) is 2. The van der Waals surface area contributed by atoms with Gasteiger partial charge in [0.25, 0.3) is 0 Å². The summed E-state index contributed by atoms with van der Waals surface area (Å²) in [5.74, 6) is 0. The molecule has 5 heteroatoms. The molecule has 0 radical (unpaired) electrons. The maximum absolute atomic E-state index is 8.59. The number of nitrogens with one attached hydrogen (secondary N) is 1. The van der Waals surface area contributed by atoms with Crippen LogP contribution in [0.15, 0.2) is 16.6 Å². The lowest BCUT2D eigenvalue weighted by Crippen LogP contribution is -2.05. The van der Waals surface area contributed by atoms with Crippen molar-refractivity contribution >= 4 is 44.8 Å². The van der Waals surface area contributed by atoms with Crippen molar-refractivity contribution in [3.8, 4) is 0 Å². The van der Waals surface area contributed by atoms with Crippen molar-refractivity contribution in [2.75, 3.05) is 18.5 Å². The first kappa shape index (κ1) is 11.1. The predicted octanol–water partition coefficient (Wildman–Crippen LogP) is 3.16. The first-order chi connectivity index (χ1) is 6.16. The second-order valence-corrected chi connectivity index (χ2v) is 3.98. The van der Waals surface area contributed by atoms with Crippen LogP contribution in [0.5, 0.6) is 0 Å². The molecule has 2 N–H and O–H groups in total. The van der Waals surface area contributed by atoms with Crippen molar-refractivity contribution in [3.05, 3.63) is 26.7 Å². The molecular weight excluding hydrogens is 277 g/mol. The highest BCUT2D eigenvalue weighted by Crippen LogP contribution is 2.35. The second-order valence-electron chi connectivity index (χ2n) is 2.37. The Hall–Kier alpha value is 0.0400. The lowest BCUT2D eigenvalue weighted by atomic mass is 10.3. The van der Waals surface area contributed by atoms with Crippen molar-refractivity contribution < 1.29 is 5.11 Å². The first-order valence-corrected chi connectivity index (χ1v) is 5.20. The van der Waals surface area contributed by atoms with Crippen LogP contribution in [-0.2, 0) is 0 Å². The predicted molar refractivity (Wildman–Crippen MR) is 59.7 cm³/mol. The standard InChI is InChI=1S/C8H8BrCl2NO/c9-5-1-2-6(12-3-4-13)8(11)7(5)10/h1-2,12-13H,3-4H2. The molecule has 2 nitrogen and oxygen atoms in total. The summed E-state index contributed by atoms with van der Waals surface area (Å²) >= 11 is 15.1. The van der Waals surface area contributed by atoms with Gasteiger partial charge in [-0.05, 0) is 28.1 Å². The molecule has 0 bridgehead atoms. The van der Waals surface area contributed by atoms with E-state index in [0.717, 1.165) is 10.2 Å². The Morgan fingerprint density at radius 2 is 2.00 bits per heavy atom. The number of hydrogen-bond donors (Lipinski definition) is 2. The smallest absolute Gasteiger partial charge is 0.0835 e. The van der Waals surface area contributed by atoms with E-state index in [1.807, 2.05) is 0 Å². The highest BCUT2D eigenvalue weighted by atomic mass is 79.9. The molecule has 1 aromatic rings. The van der Waals surface area contributed by atoms with Gasteiger partial charge in [-0.1, -0.05) is 23.2 Å². The number of anilines is 1. The summed E-state index contributed by atoms with van der Waals surface area (Å²) in [6.45, 7) is 0.516. The van der Waals surface area contributed by atoms with Crippen LogP contribution in [0.4, 0.5) is 5.69 Å². The lowest BCUT2D eigenvalue weighted by molar-refractivity contribution is 0.311. The summed E-state index contributed by atoms with van der Waals surface area (Å²) in [5, 5.41) is 12.5. The summed E-state index contributed by atoms with van der Waals surface area (Å²) < 4.78 is 0.758. The van der Waals surface area contributed by atoms with Gasteiger partial charge in [-0.25, -0.2) is 0 Å². The van der Waals surface area contributed by atoms with Crippen LogP contribution in [0.1, 0.15) is 0 Å². The minimum Gasteiger partial charge on any atom is -0.395 e. The third-order valence-electron chi connectivity index (χ3n) is 1.46. The van der Waals surface area contributed by atoms with Gasteiger partial charge in [0.05, 0.1) is 22.3 Å². The normalized spacial score (nSPS) is 10.2. The van der Waals surface area contributed by atoms with Gasteiger partial charge in [0, 0.05) is 11.0 Å². The Morgan fingerprint density at radius 1 is 1.31 bits per heavy atom. The van der Waals surface area contributed by atoms with Gasteiger partial charge >= 0.3 is 0 Å². The van der Waals surface area contributed by atoms with Crippen LogP contribution >= 0.6 is 39.1 Å². The molecule has 1 rings (SSSR count). The minimum absolute atomic E-state index is 0.0595. The van der Waals surface area contributed by atoms with Crippen LogP contribution in [0.2, 0.25) is 10.0 Å². The Morgan fingerprint density at radius 3 is 2.62 bits per heavy atom. The van der Waals surface area contributed by atoms with Gasteiger partial charge in [-0.15, -0.1) is 0 Å². The molecule has 72 valence electrons. The van der Waals surface area contributed by atoms with Gasteiger partial charge in [-0.3, -0.25) is 0 Å². The third-order valence-corrected chi connectivity index (χ3v) is 3.23. The van der Waals surface area contributed by atoms with E-state index in [1.165, 1.54) is 0 Å². The quantitative estimate of drug-likeness (QED) is 0.836. The zero-order valence-corrected chi connectivity index (χ0v) is 9.75. The van der Waals surface area contributed by atoms with Crippen molar-refractivity contribution in [2.45, 2.75) is 0 Å². The fourth-order valence-electron chi connectivity index (χ4n) is 0.853. The third kappa shape index (κ3) is 2.74. The molecule has 1 aromatic carbocycles. The fourth-order valence-corrected chi connectivity index (χ4v) is 1.69. The van der Waals surface area contributed by atoms with Crippen LogP contribution in [0, 0.1) is 0 Å². The zero-order chi connectivity index (χ0) is 9.84. The molecule has 0 heterocycles. The maximum Gasteiger partial charge on any atom is 0.0835 e. The molecule has 0 aromatic heterocycles. The van der Waals surface area contributed by atoms with E-state index < -0.39 is 0 Å². The molecule has 0 spiro atoms. The van der Waals surface area contributed by atoms with Gasteiger partial charge in [0.2, 0.25) is 0 Å². The van der Waals surface area contributed by atoms with Crippen molar-refractivity contribution in [1.29, 1.82) is 0 Å². The minimum atomic E-state index is 0.0595. The Balaban J connectivity index is 2.90. The molecule has 0 aliphatic heterocycles. The van der Waals surface area contributed by atoms with Crippen molar-refractivity contribution in [2.24, 2.45) is 0 Å². The van der Waals surface area contributed by atoms with Gasteiger partial charge in [0.1, 0.15) is 0 Å². The van der Waals surface area contributed by atoms with E-state index in [0.29, 0.717) is 16.6 Å². The van der Waals surface area contributed by atoms with E-state index in [4.69, 9.17) is 28.3 Å². The van der Waals surface area contributed by atoms with Crippen LogP contribution < -0.4 is 5.32 Å².